The number of halogens is 1. The van der Waals surface area contributed by atoms with Crippen LogP contribution in [0.2, 0.25) is 0 Å². The predicted molar refractivity (Wildman–Crippen MR) is 46.9 cm³/mol. The van der Waals surface area contributed by atoms with Crippen LogP contribution < -0.4 is 0 Å². The fraction of sp³-hybridized carbons (Fsp3) is 1.00. The lowest BCUT2D eigenvalue weighted by Gasteiger charge is -2.46. The van der Waals surface area contributed by atoms with Crippen molar-refractivity contribution in [3.63, 3.8) is 0 Å². The van der Waals surface area contributed by atoms with Crippen molar-refractivity contribution in [2.45, 2.75) is 5.60 Å². The molecule has 1 aliphatic heterocycles. The second-order valence-electron chi connectivity index (χ2n) is 3.24. The van der Waals surface area contributed by atoms with Crippen molar-refractivity contribution in [3.8, 4) is 0 Å². The summed E-state index contributed by atoms with van der Waals surface area (Å²) in [4.78, 5) is 1.98. The van der Waals surface area contributed by atoms with E-state index >= 15 is 0 Å². The molecule has 0 radical (unpaired) electrons. The van der Waals surface area contributed by atoms with Crippen molar-refractivity contribution in [3.05, 3.63) is 0 Å². The summed E-state index contributed by atoms with van der Waals surface area (Å²) in [7, 11) is 5.08. The van der Waals surface area contributed by atoms with Crippen LogP contribution >= 0.6 is 10.7 Å². The fourth-order valence-electron chi connectivity index (χ4n) is 1.53. The third-order valence-corrected chi connectivity index (χ3v) is 3.18. The maximum atomic E-state index is 10.8. The minimum Gasteiger partial charge on any atom is -0.374 e. The molecular formula is C6H12ClNO3S. The van der Waals surface area contributed by atoms with E-state index in [0.717, 1.165) is 0 Å². The van der Waals surface area contributed by atoms with Crippen LogP contribution in [0.15, 0.2) is 0 Å². The molecule has 1 aliphatic rings. The van der Waals surface area contributed by atoms with E-state index in [9.17, 15) is 8.42 Å². The molecule has 0 aliphatic carbocycles. The van der Waals surface area contributed by atoms with E-state index in [1.807, 2.05) is 11.9 Å². The second kappa shape index (κ2) is 3.14. The monoisotopic (exact) mass is 213 g/mol. The molecule has 0 saturated carbocycles. The molecule has 72 valence electrons. The van der Waals surface area contributed by atoms with Gasteiger partial charge in [-0.3, -0.25) is 0 Å². The highest BCUT2D eigenvalue weighted by molar-refractivity contribution is 8.13. The summed E-state index contributed by atoms with van der Waals surface area (Å²) in [5.41, 5.74) is -0.574. The maximum absolute atomic E-state index is 10.8. The normalized spacial score (nSPS) is 23.6. The molecule has 0 amide bonds. The van der Waals surface area contributed by atoms with Crippen LogP contribution in [0.4, 0.5) is 0 Å². The molecule has 1 rings (SSSR count). The summed E-state index contributed by atoms with van der Waals surface area (Å²) < 4.78 is 26.7. The number of methoxy groups -OCH3 is 1. The molecule has 6 heteroatoms. The van der Waals surface area contributed by atoms with Crippen molar-refractivity contribution in [2.75, 3.05) is 33.0 Å². The van der Waals surface area contributed by atoms with Gasteiger partial charge in [0.15, 0.2) is 0 Å². The Bertz CT molecular complexity index is 258. The van der Waals surface area contributed by atoms with Crippen LogP contribution in [-0.4, -0.2) is 51.9 Å². The van der Waals surface area contributed by atoms with E-state index in [2.05, 4.69) is 0 Å². The fourth-order valence-corrected chi connectivity index (χ4v) is 3.06. The molecular weight excluding hydrogens is 202 g/mol. The maximum Gasteiger partial charge on any atom is 0.235 e. The van der Waals surface area contributed by atoms with Gasteiger partial charge in [-0.25, -0.2) is 8.42 Å². The third kappa shape index (κ3) is 2.32. The number of rotatable bonds is 3. The molecule has 1 heterocycles. The molecule has 0 unspecified atom stereocenters. The Morgan fingerprint density at radius 2 is 2.08 bits per heavy atom. The van der Waals surface area contributed by atoms with Crippen LogP contribution in [0.3, 0.4) is 0 Å². The van der Waals surface area contributed by atoms with E-state index in [0.29, 0.717) is 13.1 Å². The molecule has 1 saturated heterocycles. The van der Waals surface area contributed by atoms with Gasteiger partial charge in [0.05, 0.1) is 5.75 Å². The summed E-state index contributed by atoms with van der Waals surface area (Å²) in [6.07, 6.45) is 0. The zero-order valence-corrected chi connectivity index (χ0v) is 8.65. The number of ether oxygens (including phenoxy) is 1. The Labute approximate surface area is 76.9 Å². The van der Waals surface area contributed by atoms with Crippen LogP contribution in [0, 0.1) is 0 Å². The molecule has 12 heavy (non-hydrogen) atoms. The van der Waals surface area contributed by atoms with Gasteiger partial charge in [-0.2, -0.15) is 0 Å². The average molecular weight is 214 g/mol. The number of hydrogen-bond acceptors (Lipinski definition) is 4. The minimum atomic E-state index is -3.46. The van der Waals surface area contributed by atoms with Gasteiger partial charge in [-0.05, 0) is 7.05 Å². The van der Waals surface area contributed by atoms with Gasteiger partial charge in [-0.1, -0.05) is 0 Å². The molecule has 1 fully saturated rings. The molecule has 0 aromatic heterocycles. The zero-order chi connectivity index (χ0) is 9.41. The first-order chi connectivity index (χ1) is 5.37. The molecule has 0 atom stereocenters. The smallest absolute Gasteiger partial charge is 0.235 e. The second-order valence-corrected chi connectivity index (χ2v) is 6.02. The summed E-state index contributed by atoms with van der Waals surface area (Å²) in [5, 5.41) is 0. The third-order valence-electron chi connectivity index (χ3n) is 1.98. The van der Waals surface area contributed by atoms with Crippen LogP contribution in [0.5, 0.6) is 0 Å². The molecule has 0 aromatic rings. The Kier molecular flexibility index (Phi) is 2.68. The van der Waals surface area contributed by atoms with Crippen molar-refractivity contribution < 1.29 is 13.2 Å². The van der Waals surface area contributed by atoms with E-state index in [4.69, 9.17) is 15.4 Å². The lowest BCUT2D eigenvalue weighted by molar-refractivity contribution is -0.0972. The highest BCUT2D eigenvalue weighted by atomic mass is 35.7. The zero-order valence-electron chi connectivity index (χ0n) is 7.08. The quantitative estimate of drug-likeness (QED) is 0.614. The largest absolute Gasteiger partial charge is 0.374 e. The van der Waals surface area contributed by atoms with Crippen molar-refractivity contribution in [2.24, 2.45) is 0 Å². The van der Waals surface area contributed by atoms with E-state index in [1.54, 1.807) is 0 Å². The van der Waals surface area contributed by atoms with Gasteiger partial charge < -0.3 is 9.64 Å². The summed E-state index contributed by atoms with van der Waals surface area (Å²) in [6.45, 7) is 1.24. The van der Waals surface area contributed by atoms with Gasteiger partial charge in [0.25, 0.3) is 0 Å². The standard InChI is InChI=1S/C6H12ClNO3S/c1-8-3-6(4-8,11-2)5-12(7,9)10/h3-5H2,1-2H3. The number of likely N-dealkylation sites (N-methyl/N-ethyl adjacent to an activating group) is 1. The highest BCUT2D eigenvalue weighted by Crippen LogP contribution is 2.25. The Morgan fingerprint density at radius 3 is 2.33 bits per heavy atom. The Balaban J connectivity index is 2.60. The SMILES string of the molecule is COC1(CS(=O)(=O)Cl)CN(C)C1. The summed E-state index contributed by atoms with van der Waals surface area (Å²) in [5.74, 6) is -0.109. The molecule has 0 N–H and O–H groups in total. The van der Waals surface area contributed by atoms with Crippen molar-refractivity contribution in [1.29, 1.82) is 0 Å². The Morgan fingerprint density at radius 1 is 1.58 bits per heavy atom. The van der Waals surface area contributed by atoms with Crippen LogP contribution in [-0.2, 0) is 13.8 Å². The highest BCUT2D eigenvalue weighted by Gasteiger charge is 2.44. The van der Waals surface area contributed by atoms with E-state index in [1.165, 1.54) is 7.11 Å². The van der Waals surface area contributed by atoms with E-state index < -0.39 is 14.7 Å². The number of likely N-dealkylation sites (tertiary alicyclic amines) is 1. The predicted octanol–water partition coefficient (Wildman–Crippen LogP) is -0.114. The average Bonchev–Trinajstić information content (AvgIpc) is 1.80. The van der Waals surface area contributed by atoms with Gasteiger partial charge in [0.1, 0.15) is 5.60 Å². The van der Waals surface area contributed by atoms with Crippen LogP contribution in [0.1, 0.15) is 0 Å². The lowest BCUT2D eigenvalue weighted by Crippen LogP contribution is -2.64. The first kappa shape index (κ1) is 10.2. The number of hydrogen-bond donors (Lipinski definition) is 0. The van der Waals surface area contributed by atoms with Crippen LogP contribution in [0.25, 0.3) is 0 Å². The molecule has 0 spiro atoms. The van der Waals surface area contributed by atoms with Gasteiger partial charge >= 0.3 is 0 Å². The minimum absolute atomic E-state index is 0.109. The Hall–Kier alpha value is 0.160. The van der Waals surface area contributed by atoms with Gasteiger partial charge in [0.2, 0.25) is 9.05 Å². The first-order valence-corrected chi connectivity index (χ1v) is 6.01. The first-order valence-electron chi connectivity index (χ1n) is 3.53. The lowest BCUT2D eigenvalue weighted by atomic mass is 9.97. The van der Waals surface area contributed by atoms with Crippen molar-refractivity contribution >= 4 is 19.7 Å². The van der Waals surface area contributed by atoms with Crippen molar-refractivity contribution in [1.82, 2.24) is 4.90 Å². The molecule has 0 bridgehead atoms. The molecule has 4 nitrogen and oxygen atoms in total. The summed E-state index contributed by atoms with van der Waals surface area (Å²) in [6, 6.07) is 0. The summed E-state index contributed by atoms with van der Waals surface area (Å²) >= 11 is 0. The topological polar surface area (TPSA) is 46.6 Å². The van der Waals surface area contributed by atoms with E-state index in [-0.39, 0.29) is 5.75 Å². The van der Waals surface area contributed by atoms with Gasteiger partial charge in [-0.15, -0.1) is 0 Å². The number of nitrogens with zero attached hydrogens (tertiary/aromatic N) is 1. The van der Waals surface area contributed by atoms with Gasteiger partial charge in [0, 0.05) is 30.9 Å². The molecule has 0 aromatic carbocycles.